The minimum atomic E-state index is 0.416. The second-order valence-electron chi connectivity index (χ2n) is 5.27. The van der Waals surface area contributed by atoms with E-state index in [-0.39, 0.29) is 0 Å². The number of benzene rings is 2. The number of rotatable bonds is 6. The quantitative estimate of drug-likeness (QED) is 0.509. The zero-order chi connectivity index (χ0) is 16.8. The average Bonchev–Trinajstić information content (AvgIpc) is 3.14. The van der Waals surface area contributed by atoms with Gasteiger partial charge in [0.15, 0.2) is 0 Å². The zero-order valence-electron chi connectivity index (χ0n) is 13.6. The summed E-state index contributed by atoms with van der Waals surface area (Å²) in [7, 11) is 1.51. The summed E-state index contributed by atoms with van der Waals surface area (Å²) in [6.07, 6.45) is 1.51. The van der Waals surface area contributed by atoms with Crippen molar-refractivity contribution in [1.29, 1.82) is 0 Å². The van der Waals surface area contributed by atoms with E-state index in [4.69, 9.17) is 14.1 Å². The smallest absolute Gasteiger partial charge is 0.139 e. The molecule has 1 aromatic heterocycles. The number of ether oxygens (including phenoxy) is 1. The molecule has 5 heteroatoms. The van der Waals surface area contributed by atoms with Gasteiger partial charge in [-0.2, -0.15) is 0 Å². The number of aryl methyl sites for hydroxylation is 1. The molecule has 0 aliphatic rings. The molecule has 3 aromatic rings. The molecule has 0 radical (unpaired) electrons. The molecule has 0 saturated heterocycles. The van der Waals surface area contributed by atoms with Crippen LogP contribution < -0.4 is 4.74 Å². The van der Waals surface area contributed by atoms with Crippen molar-refractivity contribution < 1.29 is 14.1 Å². The van der Waals surface area contributed by atoms with Gasteiger partial charge in [-0.25, -0.2) is 0 Å². The maximum atomic E-state index is 5.89. The van der Waals surface area contributed by atoms with Crippen LogP contribution in [0.3, 0.4) is 0 Å². The Labute approximate surface area is 140 Å². The lowest BCUT2D eigenvalue weighted by Crippen LogP contribution is -2.10. The normalized spacial score (nSPS) is 11.3. The predicted octanol–water partition coefficient (Wildman–Crippen LogP) is 3.96. The predicted molar refractivity (Wildman–Crippen MR) is 91.1 cm³/mol. The third kappa shape index (κ3) is 3.63. The first-order chi connectivity index (χ1) is 11.8. The van der Waals surface area contributed by atoms with Crippen LogP contribution in [0.2, 0.25) is 0 Å². The molecule has 3 rings (SSSR count). The van der Waals surface area contributed by atoms with Crippen LogP contribution in [0.5, 0.6) is 5.75 Å². The average molecular weight is 322 g/mol. The van der Waals surface area contributed by atoms with Gasteiger partial charge in [0.1, 0.15) is 37.1 Å². The molecule has 2 aromatic carbocycles. The fraction of sp³-hybridized carbons (Fsp3) is 0.158. The van der Waals surface area contributed by atoms with Gasteiger partial charge in [0.2, 0.25) is 0 Å². The number of hydrogen-bond acceptors (Lipinski definition) is 5. The van der Waals surface area contributed by atoms with Crippen molar-refractivity contribution in [3.8, 4) is 5.75 Å². The van der Waals surface area contributed by atoms with E-state index in [1.165, 1.54) is 18.9 Å². The minimum Gasteiger partial charge on any atom is -0.489 e. The summed E-state index contributed by atoms with van der Waals surface area (Å²) in [4.78, 5) is 4.98. The largest absolute Gasteiger partial charge is 0.489 e. The highest BCUT2D eigenvalue weighted by molar-refractivity contribution is 6.12. The molecule has 0 atom stereocenters. The van der Waals surface area contributed by atoms with Gasteiger partial charge in [-0.1, -0.05) is 52.3 Å². The van der Waals surface area contributed by atoms with Gasteiger partial charge in [0, 0.05) is 11.6 Å². The Morgan fingerprint density at radius 3 is 2.58 bits per heavy atom. The van der Waals surface area contributed by atoms with E-state index in [0.29, 0.717) is 18.0 Å². The SMILES string of the molecule is CO/N=C(\c1ccon1)c1ccccc1COc1ccc(C)cc1. The van der Waals surface area contributed by atoms with Crippen LogP contribution in [0, 0.1) is 6.92 Å². The lowest BCUT2D eigenvalue weighted by Gasteiger charge is -2.11. The number of oxime groups is 1. The highest BCUT2D eigenvalue weighted by Crippen LogP contribution is 2.19. The summed E-state index contributed by atoms with van der Waals surface area (Å²) in [6, 6.07) is 17.6. The van der Waals surface area contributed by atoms with E-state index in [1.54, 1.807) is 6.07 Å². The number of hydrogen-bond donors (Lipinski definition) is 0. The van der Waals surface area contributed by atoms with E-state index in [1.807, 2.05) is 55.5 Å². The monoisotopic (exact) mass is 322 g/mol. The van der Waals surface area contributed by atoms with Gasteiger partial charge < -0.3 is 14.1 Å². The van der Waals surface area contributed by atoms with Crippen LogP contribution in [0.25, 0.3) is 0 Å². The topological polar surface area (TPSA) is 56.9 Å². The molecule has 0 bridgehead atoms. The summed E-state index contributed by atoms with van der Waals surface area (Å²) in [6.45, 7) is 2.46. The van der Waals surface area contributed by atoms with Crippen molar-refractivity contribution >= 4 is 5.71 Å². The van der Waals surface area contributed by atoms with Crippen molar-refractivity contribution in [2.45, 2.75) is 13.5 Å². The molecule has 0 N–H and O–H groups in total. The molecular formula is C19H18N2O3. The summed E-state index contributed by atoms with van der Waals surface area (Å²) in [5.74, 6) is 0.821. The molecule has 0 aliphatic heterocycles. The van der Waals surface area contributed by atoms with Gasteiger partial charge in [-0.3, -0.25) is 0 Å². The summed E-state index contributed by atoms with van der Waals surface area (Å²) in [5.41, 5.74) is 4.29. The van der Waals surface area contributed by atoms with Gasteiger partial charge in [0.25, 0.3) is 0 Å². The van der Waals surface area contributed by atoms with Crippen LogP contribution in [0.15, 0.2) is 70.5 Å². The van der Waals surface area contributed by atoms with E-state index in [2.05, 4.69) is 10.3 Å². The number of nitrogens with zero attached hydrogens (tertiary/aromatic N) is 2. The fourth-order valence-electron chi connectivity index (χ4n) is 2.33. The Balaban J connectivity index is 1.87. The molecule has 0 unspecified atom stereocenters. The molecule has 1 heterocycles. The van der Waals surface area contributed by atoms with Crippen molar-refractivity contribution in [2.24, 2.45) is 5.16 Å². The molecular weight excluding hydrogens is 304 g/mol. The standard InChI is InChI=1S/C19H18N2O3/c1-14-7-9-16(10-8-14)23-13-15-5-3-4-6-17(15)19(21-22-2)18-11-12-24-20-18/h3-12H,13H2,1-2H3/b21-19-. The lowest BCUT2D eigenvalue weighted by atomic mass is 10.0. The highest BCUT2D eigenvalue weighted by Gasteiger charge is 2.15. The Morgan fingerprint density at radius 1 is 1.08 bits per heavy atom. The van der Waals surface area contributed by atoms with Crippen LogP contribution in [0.4, 0.5) is 0 Å². The molecule has 0 amide bonds. The second kappa shape index (κ2) is 7.46. The fourth-order valence-corrected chi connectivity index (χ4v) is 2.33. The maximum Gasteiger partial charge on any atom is 0.139 e. The number of aromatic nitrogens is 1. The Kier molecular flexibility index (Phi) is 4.91. The third-order valence-electron chi connectivity index (χ3n) is 3.55. The van der Waals surface area contributed by atoms with Gasteiger partial charge >= 0.3 is 0 Å². The van der Waals surface area contributed by atoms with E-state index in [9.17, 15) is 0 Å². The second-order valence-corrected chi connectivity index (χ2v) is 5.27. The maximum absolute atomic E-state index is 5.89. The van der Waals surface area contributed by atoms with Crippen molar-refractivity contribution in [3.05, 3.63) is 83.2 Å². The molecule has 5 nitrogen and oxygen atoms in total. The third-order valence-corrected chi connectivity index (χ3v) is 3.55. The molecule has 0 saturated carbocycles. The summed E-state index contributed by atoms with van der Waals surface area (Å²) >= 11 is 0. The van der Waals surface area contributed by atoms with Crippen LogP contribution in [-0.4, -0.2) is 18.0 Å². The van der Waals surface area contributed by atoms with Gasteiger partial charge in [0.05, 0.1) is 0 Å². The molecule has 122 valence electrons. The van der Waals surface area contributed by atoms with Crippen LogP contribution in [0.1, 0.15) is 22.4 Å². The van der Waals surface area contributed by atoms with Gasteiger partial charge in [-0.05, 0) is 24.6 Å². The molecule has 0 spiro atoms. The first-order valence-electron chi connectivity index (χ1n) is 7.57. The highest BCUT2D eigenvalue weighted by atomic mass is 16.6. The van der Waals surface area contributed by atoms with E-state index < -0.39 is 0 Å². The zero-order valence-corrected chi connectivity index (χ0v) is 13.6. The Morgan fingerprint density at radius 2 is 1.88 bits per heavy atom. The van der Waals surface area contributed by atoms with E-state index in [0.717, 1.165) is 16.9 Å². The Hall–Kier alpha value is -3.08. The Bertz CT molecular complexity index is 809. The summed E-state index contributed by atoms with van der Waals surface area (Å²) < 4.78 is 10.8. The van der Waals surface area contributed by atoms with Crippen LogP contribution >= 0.6 is 0 Å². The van der Waals surface area contributed by atoms with Crippen molar-refractivity contribution in [3.63, 3.8) is 0 Å². The minimum absolute atomic E-state index is 0.416. The van der Waals surface area contributed by atoms with Crippen molar-refractivity contribution in [2.75, 3.05) is 7.11 Å². The lowest BCUT2D eigenvalue weighted by molar-refractivity contribution is 0.213. The molecule has 0 aliphatic carbocycles. The molecule has 24 heavy (non-hydrogen) atoms. The van der Waals surface area contributed by atoms with Crippen molar-refractivity contribution in [1.82, 2.24) is 5.16 Å². The molecule has 0 fully saturated rings. The summed E-state index contributed by atoms with van der Waals surface area (Å²) in [5, 5.41) is 8.06. The first kappa shape index (κ1) is 15.8. The van der Waals surface area contributed by atoms with Crippen LogP contribution in [-0.2, 0) is 11.4 Å². The van der Waals surface area contributed by atoms with E-state index >= 15 is 0 Å². The first-order valence-corrected chi connectivity index (χ1v) is 7.57. The van der Waals surface area contributed by atoms with Gasteiger partial charge in [-0.15, -0.1) is 0 Å².